The molecular formula is C12H9ClO3. The summed E-state index contributed by atoms with van der Waals surface area (Å²) in [5.41, 5.74) is 1.17. The minimum atomic E-state index is -0.448. The summed E-state index contributed by atoms with van der Waals surface area (Å²) in [6.07, 6.45) is 1.58. The van der Waals surface area contributed by atoms with Crippen LogP contribution in [0.4, 0.5) is 0 Å². The Morgan fingerprint density at radius 1 is 1.38 bits per heavy atom. The van der Waals surface area contributed by atoms with Crippen LogP contribution in [0.15, 0.2) is 41.0 Å². The van der Waals surface area contributed by atoms with Gasteiger partial charge in [-0.1, -0.05) is 17.7 Å². The van der Waals surface area contributed by atoms with Crippen LogP contribution in [0.25, 0.3) is 11.3 Å². The number of furan rings is 1. The third-order valence-electron chi connectivity index (χ3n) is 2.18. The Hall–Kier alpha value is -1.74. The van der Waals surface area contributed by atoms with Gasteiger partial charge in [-0.3, -0.25) is 0 Å². The summed E-state index contributed by atoms with van der Waals surface area (Å²) in [7, 11) is 1.32. The van der Waals surface area contributed by atoms with Crippen molar-refractivity contribution in [2.45, 2.75) is 0 Å². The van der Waals surface area contributed by atoms with E-state index in [1.165, 1.54) is 7.11 Å². The Kier molecular flexibility index (Phi) is 2.97. The minimum absolute atomic E-state index is 0.347. The molecule has 1 aromatic heterocycles. The smallest absolute Gasteiger partial charge is 0.339 e. The van der Waals surface area contributed by atoms with E-state index in [4.69, 9.17) is 16.0 Å². The molecule has 0 aliphatic carbocycles. The molecular weight excluding hydrogens is 228 g/mol. The van der Waals surface area contributed by atoms with Crippen LogP contribution < -0.4 is 0 Å². The lowest BCUT2D eigenvalue weighted by Gasteiger charge is -2.03. The molecule has 3 nitrogen and oxygen atoms in total. The summed E-state index contributed by atoms with van der Waals surface area (Å²) in [5, 5.41) is 0.348. The molecule has 0 radical (unpaired) electrons. The lowest BCUT2D eigenvalue weighted by molar-refractivity contribution is 0.0601. The van der Waals surface area contributed by atoms with Gasteiger partial charge in [0.1, 0.15) is 5.76 Å². The van der Waals surface area contributed by atoms with Crippen LogP contribution >= 0.6 is 11.6 Å². The Bertz CT molecular complexity index is 503. The number of hydrogen-bond donors (Lipinski definition) is 0. The van der Waals surface area contributed by atoms with Gasteiger partial charge in [0.25, 0.3) is 0 Å². The lowest BCUT2D eigenvalue weighted by Crippen LogP contribution is -2.01. The van der Waals surface area contributed by atoms with Crippen LogP contribution in [0.2, 0.25) is 5.02 Å². The number of carbonyl (C=O) groups is 1. The van der Waals surface area contributed by atoms with Gasteiger partial charge in [-0.05, 0) is 24.3 Å². The van der Waals surface area contributed by atoms with Crippen molar-refractivity contribution in [3.8, 4) is 11.3 Å². The molecule has 0 unspecified atom stereocenters. The van der Waals surface area contributed by atoms with Crippen LogP contribution in [0.3, 0.4) is 0 Å². The highest BCUT2D eigenvalue weighted by molar-refractivity contribution is 6.33. The highest BCUT2D eigenvalue weighted by Crippen LogP contribution is 2.26. The topological polar surface area (TPSA) is 39.4 Å². The maximum Gasteiger partial charge on any atom is 0.339 e. The summed E-state index contributed by atoms with van der Waals surface area (Å²) < 4.78 is 9.83. The van der Waals surface area contributed by atoms with Crippen LogP contribution in [-0.2, 0) is 4.74 Å². The minimum Gasteiger partial charge on any atom is -0.465 e. The molecule has 1 heterocycles. The fraction of sp³-hybridized carbons (Fsp3) is 0.0833. The number of benzene rings is 1. The second-order valence-electron chi connectivity index (χ2n) is 3.16. The molecule has 0 bridgehead atoms. The largest absolute Gasteiger partial charge is 0.465 e. The molecule has 0 saturated heterocycles. The summed E-state index contributed by atoms with van der Waals surface area (Å²) >= 11 is 5.98. The number of ether oxygens (including phenoxy) is 1. The van der Waals surface area contributed by atoms with E-state index in [0.29, 0.717) is 16.3 Å². The van der Waals surface area contributed by atoms with Crippen molar-refractivity contribution in [3.05, 3.63) is 47.2 Å². The first-order valence-electron chi connectivity index (χ1n) is 4.64. The van der Waals surface area contributed by atoms with Crippen molar-refractivity contribution in [2.24, 2.45) is 0 Å². The average molecular weight is 237 g/mol. The molecule has 1 aromatic carbocycles. The molecule has 0 fully saturated rings. The normalized spacial score (nSPS) is 10.1. The number of carbonyl (C=O) groups excluding carboxylic acids is 1. The molecule has 82 valence electrons. The number of esters is 1. The van der Waals surface area contributed by atoms with Crippen molar-refractivity contribution in [3.63, 3.8) is 0 Å². The third-order valence-corrected chi connectivity index (χ3v) is 2.49. The highest BCUT2D eigenvalue weighted by atomic mass is 35.5. The van der Waals surface area contributed by atoms with E-state index in [2.05, 4.69) is 4.74 Å². The van der Waals surface area contributed by atoms with E-state index in [1.54, 1.807) is 30.5 Å². The van der Waals surface area contributed by atoms with Crippen LogP contribution in [0.1, 0.15) is 10.4 Å². The van der Waals surface area contributed by atoms with E-state index < -0.39 is 5.97 Å². The molecule has 0 amide bonds. The second-order valence-corrected chi connectivity index (χ2v) is 3.57. The SMILES string of the molecule is COC(=O)c1ccc(-c2ccco2)cc1Cl. The fourth-order valence-corrected chi connectivity index (χ4v) is 1.64. The van der Waals surface area contributed by atoms with Crippen molar-refractivity contribution in [1.82, 2.24) is 0 Å². The maximum atomic E-state index is 11.3. The predicted octanol–water partition coefficient (Wildman–Crippen LogP) is 3.39. The van der Waals surface area contributed by atoms with Crippen molar-refractivity contribution < 1.29 is 13.9 Å². The molecule has 0 N–H and O–H groups in total. The number of halogens is 1. The van der Waals surface area contributed by atoms with Crippen LogP contribution in [-0.4, -0.2) is 13.1 Å². The monoisotopic (exact) mass is 236 g/mol. The summed E-state index contributed by atoms with van der Waals surface area (Å²) in [6, 6.07) is 8.66. The molecule has 16 heavy (non-hydrogen) atoms. The third kappa shape index (κ3) is 1.95. The number of hydrogen-bond acceptors (Lipinski definition) is 3. The summed E-state index contributed by atoms with van der Waals surface area (Å²) in [4.78, 5) is 11.3. The van der Waals surface area contributed by atoms with Crippen molar-refractivity contribution in [1.29, 1.82) is 0 Å². The lowest BCUT2D eigenvalue weighted by atomic mass is 10.1. The molecule has 0 aliphatic heterocycles. The Morgan fingerprint density at radius 2 is 2.19 bits per heavy atom. The predicted molar refractivity (Wildman–Crippen MR) is 60.5 cm³/mol. The molecule has 0 atom stereocenters. The Morgan fingerprint density at radius 3 is 2.75 bits per heavy atom. The molecule has 2 rings (SSSR count). The zero-order chi connectivity index (χ0) is 11.5. The van der Waals surface area contributed by atoms with Gasteiger partial charge in [-0.15, -0.1) is 0 Å². The molecule has 0 saturated carbocycles. The highest BCUT2D eigenvalue weighted by Gasteiger charge is 2.12. The first kappa shape index (κ1) is 10.8. The number of methoxy groups -OCH3 is 1. The zero-order valence-corrected chi connectivity index (χ0v) is 9.32. The Balaban J connectivity index is 2.41. The van der Waals surface area contributed by atoms with Gasteiger partial charge in [0.2, 0.25) is 0 Å². The van der Waals surface area contributed by atoms with Gasteiger partial charge in [-0.25, -0.2) is 4.79 Å². The number of rotatable bonds is 2. The quantitative estimate of drug-likeness (QED) is 0.751. The standard InChI is InChI=1S/C12H9ClO3/c1-15-12(14)9-5-4-8(7-10(9)13)11-3-2-6-16-11/h2-7H,1H3. The second kappa shape index (κ2) is 4.41. The van der Waals surface area contributed by atoms with E-state index in [9.17, 15) is 4.79 Å². The van der Waals surface area contributed by atoms with E-state index in [-0.39, 0.29) is 0 Å². The molecule has 4 heteroatoms. The van der Waals surface area contributed by atoms with Gasteiger partial charge in [0, 0.05) is 5.56 Å². The first-order chi connectivity index (χ1) is 7.72. The molecule has 2 aromatic rings. The van der Waals surface area contributed by atoms with Gasteiger partial charge in [0.05, 0.1) is 24.0 Å². The molecule has 0 spiro atoms. The van der Waals surface area contributed by atoms with Gasteiger partial charge in [-0.2, -0.15) is 0 Å². The van der Waals surface area contributed by atoms with Crippen LogP contribution in [0, 0.1) is 0 Å². The van der Waals surface area contributed by atoms with Crippen molar-refractivity contribution >= 4 is 17.6 Å². The van der Waals surface area contributed by atoms with E-state index in [0.717, 1.165) is 5.56 Å². The van der Waals surface area contributed by atoms with Crippen molar-refractivity contribution in [2.75, 3.05) is 7.11 Å². The maximum absolute atomic E-state index is 11.3. The zero-order valence-electron chi connectivity index (χ0n) is 8.57. The van der Waals surface area contributed by atoms with Gasteiger partial charge >= 0.3 is 5.97 Å². The van der Waals surface area contributed by atoms with Gasteiger partial charge in [0.15, 0.2) is 0 Å². The summed E-state index contributed by atoms with van der Waals surface area (Å²) in [5.74, 6) is 0.259. The average Bonchev–Trinajstić information content (AvgIpc) is 2.81. The van der Waals surface area contributed by atoms with E-state index >= 15 is 0 Å². The molecule has 0 aliphatic rings. The fourth-order valence-electron chi connectivity index (χ4n) is 1.39. The summed E-state index contributed by atoms with van der Waals surface area (Å²) in [6.45, 7) is 0. The first-order valence-corrected chi connectivity index (χ1v) is 5.02. The van der Waals surface area contributed by atoms with E-state index in [1.807, 2.05) is 6.07 Å². The van der Waals surface area contributed by atoms with Crippen LogP contribution in [0.5, 0.6) is 0 Å². The Labute approximate surface area is 97.6 Å². The van der Waals surface area contributed by atoms with Gasteiger partial charge < -0.3 is 9.15 Å².